The predicted octanol–water partition coefficient (Wildman–Crippen LogP) is 1.43. The summed E-state index contributed by atoms with van der Waals surface area (Å²) in [4.78, 5) is 11.3. The molecule has 0 amide bonds. The Morgan fingerprint density at radius 1 is 1.24 bits per heavy atom. The molecule has 0 spiro atoms. The van der Waals surface area contributed by atoms with E-state index in [4.69, 9.17) is 4.99 Å². The second-order valence-corrected chi connectivity index (χ2v) is 5.20. The van der Waals surface area contributed by atoms with Crippen LogP contribution in [0.1, 0.15) is 12.8 Å². The fraction of sp³-hybridized carbons (Fsp3) is 0.917. The number of rotatable bonds is 2. The molecular weight excluding hydrogens is 327 g/mol. The van der Waals surface area contributed by atoms with E-state index in [-0.39, 0.29) is 24.0 Å². The molecule has 1 rings (SSSR count). The number of halogens is 1. The van der Waals surface area contributed by atoms with Crippen molar-refractivity contribution in [2.45, 2.75) is 12.8 Å². The molecule has 1 aliphatic heterocycles. The van der Waals surface area contributed by atoms with E-state index in [2.05, 4.69) is 21.7 Å². The second-order valence-electron chi connectivity index (χ2n) is 5.20. The number of aliphatic imine (C=N–C) groups is 1. The van der Waals surface area contributed by atoms with Gasteiger partial charge in [-0.2, -0.15) is 0 Å². The molecule has 1 aliphatic rings. The first-order valence-corrected chi connectivity index (χ1v) is 6.08. The van der Waals surface area contributed by atoms with Gasteiger partial charge in [-0.1, -0.05) is 0 Å². The fourth-order valence-corrected chi connectivity index (χ4v) is 2.32. The summed E-state index contributed by atoms with van der Waals surface area (Å²) in [6.45, 7) is 3.39. The van der Waals surface area contributed by atoms with Crippen molar-refractivity contribution in [2.75, 3.05) is 54.9 Å². The van der Waals surface area contributed by atoms with Crippen molar-refractivity contribution >= 4 is 29.9 Å². The van der Waals surface area contributed by atoms with Gasteiger partial charge in [0.2, 0.25) is 0 Å². The zero-order valence-corrected chi connectivity index (χ0v) is 14.1. The first-order valence-electron chi connectivity index (χ1n) is 6.08. The zero-order valence-electron chi connectivity index (χ0n) is 11.8. The number of hydrogen-bond donors (Lipinski definition) is 0. The summed E-state index contributed by atoms with van der Waals surface area (Å²) in [6.07, 6.45) is 2.64. The number of hydrogen-bond acceptors (Lipinski definition) is 2. The summed E-state index contributed by atoms with van der Waals surface area (Å²) in [7, 11) is 10.4. The minimum atomic E-state index is 0. The molecule has 102 valence electrons. The molecule has 0 aromatic heterocycles. The molecule has 1 saturated heterocycles. The van der Waals surface area contributed by atoms with Crippen LogP contribution >= 0.6 is 24.0 Å². The molecule has 4 nitrogen and oxygen atoms in total. The Morgan fingerprint density at radius 3 is 2.29 bits per heavy atom. The summed E-state index contributed by atoms with van der Waals surface area (Å²) < 4.78 is 0. The highest BCUT2D eigenvalue weighted by molar-refractivity contribution is 14.0. The Kier molecular flexibility index (Phi) is 8.11. The van der Waals surface area contributed by atoms with Crippen LogP contribution in [0.3, 0.4) is 0 Å². The van der Waals surface area contributed by atoms with Gasteiger partial charge >= 0.3 is 0 Å². The van der Waals surface area contributed by atoms with Crippen LogP contribution in [-0.4, -0.2) is 75.5 Å². The minimum Gasteiger partial charge on any atom is -0.349 e. The van der Waals surface area contributed by atoms with E-state index in [1.54, 1.807) is 0 Å². The first kappa shape index (κ1) is 17.0. The molecule has 5 heteroatoms. The van der Waals surface area contributed by atoms with Crippen molar-refractivity contribution < 1.29 is 0 Å². The highest BCUT2D eigenvalue weighted by Crippen LogP contribution is 2.15. The topological polar surface area (TPSA) is 22.1 Å². The normalized spacial score (nSPS) is 20.4. The van der Waals surface area contributed by atoms with Crippen molar-refractivity contribution in [2.24, 2.45) is 10.9 Å². The highest BCUT2D eigenvalue weighted by Gasteiger charge is 2.17. The third-order valence-corrected chi connectivity index (χ3v) is 3.01. The molecule has 17 heavy (non-hydrogen) atoms. The number of likely N-dealkylation sites (tertiary alicyclic amines) is 1. The van der Waals surface area contributed by atoms with Gasteiger partial charge in [0.25, 0.3) is 0 Å². The van der Waals surface area contributed by atoms with Crippen molar-refractivity contribution in [1.29, 1.82) is 0 Å². The average Bonchev–Trinajstić information content (AvgIpc) is 2.16. The van der Waals surface area contributed by atoms with Crippen molar-refractivity contribution in [3.63, 3.8) is 0 Å². The van der Waals surface area contributed by atoms with Crippen LogP contribution in [0.25, 0.3) is 0 Å². The van der Waals surface area contributed by atoms with E-state index in [0.29, 0.717) is 0 Å². The van der Waals surface area contributed by atoms with Gasteiger partial charge in [0, 0.05) is 41.3 Å². The molecule has 0 bridgehead atoms. The van der Waals surface area contributed by atoms with Crippen LogP contribution in [0, 0.1) is 5.92 Å². The van der Waals surface area contributed by atoms with Crippen LogP contribution < -0.4 is 0 Å². The van der Waals surface area contributed by atoms with Gasteiger partial charge in [-0.3, -0.25) is 4.99 Å². The Hall–Kier alpha value is -0.0400. The summed E-state index contributed by atoms with van der Waals surface area (Å²) in [5.41, 5.74) is 0. The van der Waals surface area contributed by atoms with Crippen LogP contribution in [0.15, 0.2) is 4.99 Å². The quantitative estimate of drug-likeness (QED) is 0.426. The molecule has 1 heterocycles. The van der Waals surface area contributed by atoms with E-state index in [1.807, 2.05) is 28.2 Å². The van der Waals surface area contributed by atoms with Crippen LogP contribution in [0.4, 0.5) is 0 Å². The van der Waals surface area contributed by atoms with Gasteiger partial charge in [-0.05, 0) is 32.4 Å². The van der Waals surface area contributed by atoms with E-state index in [9.17, 15) is 0 Å². The molecule has 1 atom stereocenters. The number of nitrogens with zero attached hydrogens (tertiary/aromatic N) is 4. The highest BCUT2D eigenvalue weighted by atomic mass is 127. The fourth-order valence-electron chi connectivity index (χ4n) is 2.32. The Labute approximate surface area is 123 Å². The molecule has 1 fully saturated rings. The Bertz CT molecular complexity index is 231. The van der Waals surface area contributed by atoms with E-state index in [1.165, 1.54) is 25.9 Å². The lowest BCUT2D eigenvalue weighted by atomic mass is 9.99. The smallest absolute Gasteiger partial charge is 0.195 e. The van der Waals surface area contributed by atoms with Crippen LogP contribution in [0.5, 0.6) is 0 Å². The van der Waals surface area contributed by atoms with Gasteiger partial charge in [0.15, 0.2) is 5.96 Å². The van der Waals surface area contributed by atoms with Gasteiger partial charge < -0.3 is 14.7 Å². The summed E-state index contributed by atoms with van der Waals surface area (Å²) in [5, 5.41) is 0. The van der Waals surface area contributed by atoms with Crippen molar-refractivity contribution in [3.05, 3.63) is 0 Å². The lowest BCUT2D eigenvalue weighted by Gasteiger charge is -2.29. The van der Waals surface area contributed by atoms with E-state index >= 15 is 0 Å². The van der Waals surface area contributed by atoms with Gasteiger partial charge in [0.1, 0.15) is 0 Å². The monoisotopic (exact) mass is 354 g/mol. The van der Waals surface area contributed by atoms with Crippen molar-refractivity contribution in [1.82, 2.24) is 14.7 Å². The molecule has 0 N–H and O–H groups in total. The molecule has 0 aromatic carbocycles. The number of piperidine rings is 1. The average molecular weight is 354 g/mol. The third kappa shape index (κ3) is 5.90. The van der Waals surface area contributed by atoms with E-state index in [0.717, 1.165) is 18.4 Å². The van der Waals surface area contributed by atoms with E-state index < -0.39 is 0 Å². The molecule has 0 aliphatic carbocycles. The standard InChI is InChI=1S/C12H26N4.HI/c1-14(2)12(15(3)4)13-9-11-7-6-8-16(5)10-11;/h11H,6-10H2,1-5H3;1H. The van der Waals surface area contributed by atoms with Gasteiger partial charge in [-0.15, -0.1) is 24.0 Å². The molecule has 1 unspecified atom stereocenters. The Balaban J connectivity index is 0.00000256. The van der Waals surface area contributed by atoms with Crippen LogP contribution in [-0.2, 0) is 0 Å². The maximum absolute atomic E-state index is 4.72. The molecule has 0 aromatic rings. The van der Waals surface area contributed by atoms with Crippen LogP contribution in [0.2, 0.25) is 0 Å². The first-order chi connectivity index (χ1) is 7.50. The largest absolute Gasteiger partial charge is 0.349 e. The summed E-state index contributed by atoms with van der Waals surface area (Å²) in [6, 6.07) is 0. The Morgan fingerprint density at radius 2 is 1.82 bits per heavy atom. The molecule has 0 radical (unpaired) electrons. The SMILES string of the molecule is CN1CCCC(CN=C(N(C)C)N(C)C)C1.I. The summed E-state index contributed by atoms with van der Waals surface area (Å²) in [5.74, 6) is 1.79. The van der Waals surface area contributed by atoms with Gasteiger partial charge in [0.05, 0.1) is 0 Å². The minimum absolute atomic E-state index is 0. The number of guanidine groups is 1. The summed E-state index contributed by atoms with van der Waals surface area (Å²) >= 11 is 0. The third-order valence-electron chi connectivity index (χ3n) is 3.01. The molecular formula is C12H27IN4. The maximum atomic E-state index is 4.72. The maximum Gasteiger partial charge on any atom is 0.195 e. The predicted molar refractivity (Wildman–Crippen MR) is 85.3 cm³/mol. The van der Waals surface area contributed by atoms with Gasteiger partial charge in [-0.25, -0.2) is 0 Å². The lowest BCUT2D eigenvalue weighted by Crippen LogP contribution is -2.37. The van der Waals surface area contributed by atoms with Crippen molar-refractivity contribution in [3.8, 4) is 0 Å². The lowest BCUT2D eigenvalue weighted by molar-refractivity contribution is 0.214. The molecule has 0 saturated carbocycles. The second kappa shape index (κ2) is 8.13. The zero-order chi connectivity index (χ0) is 12.1.